The Balaban J connectivity index is 1.15. The fraction of sp³-hybridized carbons (Fsp3) is 0. The van der Waals surface area contributed by atoms with E-state index in [0.717, 1.165) is 22.3 Å². The van der Waals surface area contributed by atoms with Crippen molar-refractivity contribution in [2.24, 2.45) is 0 Å². The summed E-state index contributed by atoms with van der Waals surface area (Å²) in [6.07, 6.45) is 5.80. The third-order valence-electron chi connectivity index (χ3n) is 7.71. The Bertz CT molecular complexity index is 1960. The normalized spacial score (nSPS) is 13.8. The Morgan fingerprint density at radius 3 is 1.31 bits per heavy atom. The summed E-state index contributed by atoms with van der Waals surface area (Å²) in [5.74, 6) is 0. The van der Waals surface area contributed by atoms with E-state index in [-0.39, 0.29) is 15.8 Å². The number of fused-ring (bicyclic) bond motifs is 6. The van der Waals surface area contributed by atoms with Gasteiger partial charge in [0.1, 0.15) is 0 Å². The molecule has 4 aromatic carbocycles. The Labute approximate surface area is 258 Å². The number of rotatable bonds is 4. The van der Waals surface area contributed by atoms with Gasteiger partial charge in [-0.15, -0.1) is 0 Å². The number of hydrogen-bond donors (Lipinski definition) is 0. The Hall–Kier alpha value is -3.65. The molecule has 0 aliphatic carbocycles. The lowest BCUT2D eigenvalue weighted by Crippen LogP contribution is -2.46. The molecule has 1 fully saturated rings. The van der Waals surface area contributed by atoms with Crippen molar-refractivity contribution in [2.45, 2.75) is 0 Å². The zero-order chi connectivity index (χ0) is 27.9. The molecule has 196 valence electrons. The first-order valence-corrected chi connectivity index (χ1v) is 16.7. The molecule has 4 heterocycles. The fourth-order valence-electron chi connectivity index (χ4n) is 5.68. The van der Waals surface area contributed by atoms with Crippen LogP contribution in [-0.4, -0.2) is 30.8 Å². The van der Waals surface area contributed by atoms with E-state index in [2.05, 4.69) is 113 Å². The summed E-state index contributed by atoms with van der Waals surface area (Å²) in [5.41, 5.74) is 5.56. The minimum atomic E-state index is 0.172. The van der Waals surface area contributed by atoms with Crippen molar-refractivity contribution in [3.63, 3.8) is 0 Å². The maximum absolute atomic E-state index is 5.04. The van der Waals surface area contributed by atoms with E-state index < -0.39 is 0 Å². The van der Waals surface area contributed by atoms with Gasteiger partial charge in [0.05, 0.1) is 0 Å². The van der Waals surface area contributed by atoms with Crippen LogP contribution in [-0.2, 0) is 0 Å². The Morgan fingerprint density at radius 2 is 0.833 bits per heavy atom. The standard InChI is InChI=1S/C33H22B3N3S3/c1-2-11-27-25(9-1)26-10-3-4-12-28(26)30-21-23(15-17-29(27)30)24-16-18-33(39-22-24)36-41-34(31-13-5-7-19-37-31)40-35(42-36)32-14-6-8-20-38-32/h1-22H. The van der Waals surface area contributed by atoms with Gasteiger partial charge in [-0.2, -0.15) is 0 Å². The first-order valence-electron chi connectivity index (χ1n) is 13.9. The number of pyridine rings is 3. The molecule has 42 heavy (non-hydrogen) atoms. The number of nitrogens with zero attached hydrogens (tertiary/aromatic N) is 3. The van der Waals surface area contributed by atoms with E-state index in [1.165, 1.54) is 37.9 Å². The van der Waals surface area contributed by atoms with Crippen LogP contribution < -0.4 is 16.8 Å². The van der Waals surface area contributed by atoms with Crippen LogP contribution in [0.2, 0.25) is 0 Å². The Kier molecular flexibility index (Phi) is 6.95. The average Bonchev–Trinajstić information content (AvgIpc) is 3.09. The molecular formula is C33H22B3N3S3. The number of hydrogen-bond acceptors (Lipinski definition) is 6. The van der Waals surface area contributed by atoms with E-state index >= 15 is 0 Å². The minimum Gasteiger partial charge on any atom is -0.269 e. The number of aromatic nitrogens is 3. The lowest BCUT2D eigenvalue weighted by molar-refractivity contribution is 1.38. The molecule has 0 N–H and O–H groups in total. The maximum Gasteiger partial charge on any atom is 0.310 e. The third-order valence-corrected chi connectivity index (χ3v) is 12.6. The topological polar surface area (TPSA) is 38.7 Å². The van der Waals surface area contributed by atoms with Gasteiger partial charge in [0.2, 0.25) is 0 Å². The van der Waals surface area contributed by atoms with Crippen molar-refractivity contribution < 1.29 is 0 Å². The number of benzene rings is 4. The molecule has 3 nitrogen and oxygen atoms in total. The maximum atomic E-state index is 5.04. The van der Waals surface area contributed by atoms with Gasteiger partial charge >= 0.3 is 15.8 Å². The van der Waals surface area contributed by atoms with E-state index in [1.807, 2.05) is 65.1 Å². The summed E-state index contributed by atoms with van der Waals surface area (Å²) in [5, 5.41) is 8.30. The van der Waals surface area contributed by atoms with Crippen LogP contribution in [0.5, 0.6) is 0 Å². The van der Waals surface area contributed by atoms with E-state index in [4.69, 9.17) is 4.98 Å². The molecule has 0 bridgehead atoms. The van der Waals surface area contributed by atoms with Crippen LogP contribution in [0.15, 0.2) is 134 Å². The molecule has 0 amide bonds. The van der Waals surface area contributed by atoms with Crippen LogP contribution in [0.1, 0.15) is 0 Å². The fourth-order valence-corrected chi connectivity index (χ4v) is 11.4. The van der Waals surface area contributed by atoms with E-state index in [1.54, 1.807) is 0 Å². The highest BCUT2D eigenvalue weighted by Gasteiger charge is 2.41. The minimum absolute atomic E-state index is 0.172. The first kappa shape index (κ1) is 26.0. The molecule has 9 heteroatoms. The van der Waals surface area contributed by atoms with Crippen LogP contribution in [0.25, 0.3) is 43.4 Å². The van der Waals surface area contributed by atoms with Crippen molar-refractivity contribution in [2.75, 3.05) is 0 Å². The molecule has 7 aromatic rings. The van der Waals surface area contributed by atoms with Gasteiger partial charge in [-0.3, -0.25) is 15.0 Å². The van der Waals surface area contributed by atoms with Gasteiger partial charge in [-0.25, -0.2) is 34.4 Å². The molecule has 0 saturated carbocycles. The molecule has 1 aliphatic heterocycles. The highest BCUT2D eigenvalue weighted by Crippen LogP contribution is 2.40. The zero-order valence-corrected chi connectivity index (χ0v) is 24.9. The second kappa shape index (κ2) is 11.2. The van der Waals surface area contributed by atoms with Crippen LogP contribution in [0, 0.1) is 0 Å². The lowest BCUT2D eigenvalue weighted by atomic mass is 9.92. The third kappa shape index (κ3) is 4.79. The van der Waals surface area contributed by atoms with Gasteiger partial charge in [-0.1, -0.05) is 78.9 Å². The van der Waals surface area contributed by atoms with Gasteiger partial charge in [-0.05, 0) is 79.8 Å². The smallest absolute Gasteiger partial charge is 0.269 e. The molecule has 3 aromatic heterocycles. The zero-order valence-electron chi connectivity index (χ0n) is 22.5. The second-order valence-corrected chi connectivity index (χ2v) is 14.8. The van der Waals surface area contributed by atoms with Gasteiger partial charge < -0.3 is 0 Å². The van der Waals surface area contributed by atoms with Crippen LogP contribution >= 0.6 is 34.4 Å². The van der Waals surface area contributed by atoms with Crippen LogP contribution in [0.3, 0.4) is 0 Å². The summed E-state index contributed by atoms with van der Waals surface area (Å²) in [4.78, 5) is 14.4. The molecular weight excluding hydrogens is 567 g/mol. The lowest BCUT2D eigenvalue weighted by Gasteiger charge is -2.28. The molecule has 0 atom stereocenters. The van der Waals surface area contributed by atoms with Crippen molar-refractivity contribution in [1.82, 2.24) is 15.0 Å². The van der Waals surface area contributed by atoms with Crippen molar-refractivity contribution >= 4 is 99.3 Å². The molecule has 1 saturated heterocycles. The predicted octanol–water partition coefficient (Wildman–Crippen LogP) is 6.70. The quantitative estimate of drug-likeness (QED) is 0.168. The SMILES string of the molecule is c1ccc(B2SB(c3ccccn3)SB(c3ccc(-c4ccc5c6ccccc6c6ccccc6c5c4)cn3)S2)nc1. The Morgan fingerprint density at radius 1 is 0.381 bits per heavy atom. The van der Waals surface area contributed by atoms with E-state index in [9.17, 15) is 0 Å². The summed E-state index contributed by atoms with van der Waals surface area (Å²) < 4.78 is 0. The summed E-state index contributed by atoms with van der Waals surface area (Å²) in [7, 11) is 0. The molecule has 0 spiro atoms. The van der Waals surface area contributed by atoms with E-state index in [0.29, 0.717) is 0 Å². The molecule has 1 aliphatic rings. The van der Waals surface area contributed by atoms with Crippen molar-refractivity contribution in [3.05, 3.63) is 134 Å². The molecule has 8 rings (SSSR count). The van der Waals surface area contributed by atoms with Crippen molar-refractivity contribution in [1.29, 1.82) is 0 Å². The summed E-state index contributed by atoms with van der Waals surface area (Å²) in [6, 6.07) is 41.0. The summed E-state index contributed by atoms with van der Waals surface area (Å²) in [6.45, 7) is 0. The highest BCUT2D eigenvalue weighted by atomic mass is 32.3. The molecule has 0 unspecified atom stereocenters. The second-order valence-electron chi connectivity index (χ2n) is 10.2. The predicted molar refractivity (Wildman–Crippen MR) is 190 cm³/mol. The monoisotopic (exact) mass is 589 g/mol. The van der Waals surface area contributed by atoms with Gasteiger partial charge in [0.25, 0.3) is 0 Å². The average molecular weight is 589 g/mol. The van der Waals surface area contributed by atoms with Gasteiger partial charge in [0.15, 0.2) is 0 Å². The largest absolute Gasteiger partial charge is 0.310 e. The summed E-state index contributed by atoms with van der Waals surface area (Å²) >= 11 is 5.74. The van der Waals surface area contributed by atoms with Gasteiger partial charge in [0, 0.05) is 35.4 Å². The molecule has 0 radical (unpaired) electrons. The van der Waals surface area contributed by atoms with Crippen molar-refractivity contribution in [3.8, 4) is 11.1 Å². The highest BCUT2D eigenvalue weighted by molar-refractivity contribution is 8.94. The van der Waals surface area contributed by atoms with Crippen LogP contribution in [0.4, 0.5) is 0 Å². The first-order chi connectivity index (χ1) is 20.8.